The minimum Gasteiger partial charge on any atom is -0.329 e. The van der Waals surface area contributed by atoms with E-state index in [9.17, 15) is 17.6 Å². The zero-order valence-corrected chi connectivity index (χ0v) is 16.0. The summed E-state index contributed by atoms with van der Waals surface area (Å²) >= 11 is 0. The summed E-state index contributed by atoms with van der Waals surface area (Å²) in [6.45, 7) is 1.66. The summed E-state index contributed by atoms with van der Waals surface area (Å²) in [5.74, 6) is -0.553. The third kappa shape index (κ3) is 4.02. The van der Waals surface area contributed by atoms with Crippen LogP contribution in [-0.2, 0) is 10.0 Å². The molecular weight excluding hydrogens is 369 g/mol. The van der Waals surface area contributed by atoms with Crippen molar-refractivity contribution in [2.45, 2.75) is 10.9 Å². The summed E-state index contributed by atoms with van der Waals surface area (Å²) < 4.78 is 39.1. The molecule has 0 bridgehead atoms. The largest absolute Gasteiger partial charge is 0.329 e. The second-order valence-corrected chi connectivity index (χ2v) is 8.74. The molecule has 2 aromatic rings. The van der Waals surface area contributed by atoms with Crippen LogP contribution in [0.3, 0.4) is 0 Å². The number of amides is 1. The van der Waals surface area contributed by atoms with Crippen molar-refractivity contribution in [3.05, 3.63) is 65.5 Å². The van der Waals surface area contributed by atoms with Crippen LogP contribution in [0.1, 0.15) is 22.0 Å². The van der Waals surface area contributed by atoms with Crippen molar-refractivity contribution in [2.24, 2.45) is 0 Å². The highest BCUT2D eigenvalue weighted by Gasteiger charge is 2.29. The van der Waals surface area contributed by atoms with Gasteiger partial charge >= 0.3 is 0 Å². The molecule has 1 atom stereocenters. The van der Waals surface area contributed by atoms with E-state index in [-0.39, 0.29) is 22.7 Å². The number of benzene rings is 2. The molecule has 8 heteroatoms. The molecule has 0 aliphatic carbocycles. The number of carbonyl (C=O) groups excluding carboxylic acids is 1. The fourth-order valence-corrected chi connectivity index (χ4v) is 4.01. The van der Waals surface area contributed by atoms with Gasteiger partial charge in [-0.2, -0.15) is 0 Å². The number of hydrogen-bond donors (Lipinski definition) is 1. The molecule has 3 rings (SSSR count). The van der Waals surface area contributed by atoms with E-state index < -0.39 is 10.0 Å². The minimum atomic E-state index is -3.55. The van der Waals surface area contributed by atoms with Crippen molar-refractivity contribution in [1.82, 2.24) is 14.5 Å². The summed E-state index contributed by atoms with van der Waals surface area (Å²) in [5, 5.41) is 3.23. The average molecular weight is 391 g/mol. The van der Waals surface area contributed by atoms with Crippen LogP contribution in [0.5, 0.6) is 0 Å². The van der Waals surface area contributed by atoms with E-state index in [1.54, 1.807) is 17.0 Å². The lowest BCUT2D eigenvalue weighted by Gasteiger charge is -2.36. The van der Waals surface area contributed by atoms with Gasteiger partial charge in [0.1, 0.15) is 5.82 Å². The summed E-state index contributed by atoms with van der Waals surface area (Å²) in [4.78, 5) is 14.8. The van der Waals surface area contributed by atoms with Gasteiger partial charge in [0.15, 0.2) is 0 Å². The second-order valence-electron chi connectivity index (χ2n) is 6.59. The SMILES string of the molecule is CN(C)S(=O)(=O)c1ccc(C(=O)N2CCNCC2c2cccc(F)c2)cc1. The Balaban J connectivity index is 1.87. The summed E-state index contributed by atoms with van der Waals surface area (Å²) in [5.41, 5.74) is 1.12. The third-order valence-electron chi connectivity index (χ3n) is 4.62. The number of piperazine rings is 1. The number of nitrogens with zero attached hydrogens (tertiary/aromatic N) is 2. The highest BCUT2D eigenvalue weighted by molar-refractivity contribution is 7.89. The molecule has 0 spiro atoms. The van der Waals surface area contributed by atoms with Crippen LogP contribution in [0.4, 0.5) is 4.39 Å². The van der Waals surface area contributed by atoms with Gasteiger partial charge in [0.2, 0.25) is 10.0 Å². The van der Waals surface area contributed by atoms with E-state index in [2.05, 4.69) is 5.32 Å². The average Bonchev–Trinajstić information content (AvgIpc) is 2.67. The molecule has 1 aliphatic rings. The number of carbonyl (C=O) groups is 1. The molecule has 1 N–H and O–H groups in total. The van der Waals surface area contributed by atoms with Crippen molar-refractivity contribution < 1.29 is 17.6 Å². The van der Waals surface area contributed by atoms with Crippen LogP contribution in [0.15, 0.2) is 53.4 Å². The summed E-state index contributed by atoms with van der Waals surface area (Å²) in [6, 6.07) is 11.8. The Morgan fingerprint density at radius 1 is 1.19 bits per heavy atom. The zero-order chi connectivity index (χ0) is 19.6. The third-order valence-corrected chi connectivity index (χ3v) is 6.45. The zero-order valence-electron chi connectivity index (χ0n) is 15.2. The van der Waals surface area contributed by atoms with Gasteiger partial charge in [-0.05, 0) is 42.0 Å². The Bertz CT molecular complexity index is 929. The Morgan fingerprint density at radius 2 is 1.89 bits per heavy atom. The molecule has 6 nitrogen and oxygen atoms in total. The highest BCUT2D eigenvalue weighted by atomic mass is 32.2. The van der Waals surface area contributed by atoms with Crippen molar-refractivity contribution in [3.63, 3.8) is 0 Å². The smallest absolute Gasteiger partial charge is 0.254 e. The van der Waals surface area contributed by atoms with Gasteiger partial charge in [-0.25, -0.2) is 17.1 Å². The lowest BCUT2D eigenvalue weighted by Crippen LogP contribution is -2.48. The number of sulfonamides is 1. The second kappa shape index (κ2) is 7.75. The Labute approximate surface area is 158 Å². The van der Waals surface area contributed by atoms with Gasteiger partial charge in [-0.3, -0.25) is 4.79 Å². The van der Waals surface area contributed by atoms with Gasteiger partial charge < -0.3 is 10.2 Å². The maximum Gasteiger partial charge on any atom is 0.254 e. The first-order valence-electron chi connectivity index (χ1n) is 8.60. The molecule has 1 heterocycles. The van der Waals surface area contributed by atoms with E-state index in [0.29, 0.717) is 25.2 Å². The lowest BCUT2D eigenvalue weighted by molar-refractivity contribution is 0.0634. The van der Waals surface area contributed by atoms with Crippen molar-refractivity contribution in [1.29, 1.82) is 0 Å². The maximum atomic E-state index is 13.6. The fourth-order valence-electron chi connectivity index (χ4n) is 3.11. The van der Waals surface area contributed by atoms with Crippen LogP contribution < -0.4 is 5.32 Å². The first-order chi connectivity index (χ1) is 12.8. The molecule has 2 aromatic carbocycles. The van der Waals surface area contributed by atoms with Crippen molar-refractivity contribution >= 4 is 15.9 Å². The molecule has 1 fully saturated rings. The molecule has 27 heavy (non-hydrogen) atoms. The van der Waals surface area contributed by atoms with Crippen LogP contribution >= 0.6 is 0 Å². The van der Waals surface area contributed by atoms with E-state index in [0.717, 1.165) is 9.87 Å². The molecule has 1 amide bonds. The molecule has 0 saturated carbocycles. The van der Waals surface area contributed by atoms with Crippen LogP contribution in [0.2, 0.25) is 0 Å². The van der Waals surface area contributed by atoms with Gasteiger partial charge in [0.25, 0.3) is 5.91 Å². The van der Waals surface area contributed by atoms with Crippen LogP contribution in [0, 0.1) is 5.82 Å². The Kier molecular flexibility index (Phi) is 5.59. The number of nitrogens with one attached hydrogen (secondary N) is 1. The van der Waals surface area contributed by atoms with Gasteiger partial charge in [0.05, 0.1) is 10.9 Å². The monoisotopic (exact) mass is 391 g/mol. The first-order valence-corrected chi connectivity index (χ1v) is 10.0. The quantitative estimate of drug-likeness (QED) is 0.864. The summed E-state index contributed by atoms with van der Waals surface area (Å²) in [7, 11) is -0.632. The molecule has 1 unspecified atom stereocenters. The van der Waals surface area contributed by atoms with Gasteiger partial charge in [-0.1, -0.05) is 12.1 Å². The highest BCUT2D eigenvalue weighted by Crippen LogP contribution is 2.25. The minimum absolute atomic E-state index is 0.131. The predicted molar refractivity (Wildman–Crippen MR) is 100 cm³/mol. The molecular formula is C19H22FN3O3S. The Morgan fingerprint density at radius 3 is 2.52 bits per heavy atom. The molecule has 144 valence electrons. The number of halogens is 1. The van der Waals surface area contributed by atoms with Crippen LogP contribution in [-0.4, -0.2) is 57.3 Å². The summed E-state index contributed by atoms with van der Waals surface area (Å²) in [6.07, 6.45) is 0. The predicted octanol–water partition coefficient (Wildman–Crippen LogP) is 1.86. The van der Waals surface area contributed by atoms with Gasteiger partial charge in [-0.15, -0.1) is 0 Å². The first kappa shape index (κ1) is 19.5. The molecule has 1 saturated heterocycles. The van der Waals surface area contributed by atoms with Gasteiger partial charge in [0, 0.05) is 39.3 Å². The van der Waals surface area contributed by atoms with Crippen LogP contribution in [0.25, 0.3) is 0 Å². The van der Waals surface area contributed by atoms with Crippen molar-refractivity contribution in [3.8, 4) is 0 Å². The Hall–Kier alpha value is -2.29. The fraction of sp³-hybridized carbons (Fsp3) is 0.316. The maximum absolute atomic E-state index is 13.6. The van der Waals surface area contributed by atoms with E-state index >= 15 is 0 Å². The van der Waals surface area contributed by atoms with E-state index in [1.807, 2.05) is 0 Å². The molecule has 1 aliphatic heterocycles. The molecule has 0 radical (unpaired) electrons. The number of rotatable bonds is 4. The van der Waals surface area contributed by atoms with E-state index in [1.165, 1.54) is 50.5 Å². The lowest BCUT2D eigenvalue weighted by atomic mass is 10.0. The topological polar surface area (TPSA) is 69.7 Å². The number of hydrogen-bond acceptors (Lipinski definition) is 4. The molecule has 0 aromatic heterocycles. The van der Waals surface area contributed by atoms with Crippen molar-refractivity contribution in [2.75, 3.05) is 33.7 Å². The standard InChI is InChI=1S/C19H22FN3O3S/c1-22(2)27(25,26)17-8-6-14(7-9-17)19(24)23-11-10-21-13-18(23)15-4-3-5-16(20)12-15/h3-9,12,18,21H,10-11,13H2,1-2H3. The normalized spacial score (nSPS) is 17.9. The van der Waals surface area contributed by atoms with E-state index in [4.69, 9.17) is 0 Å².